The molecule has 0 spiro atoms. The monoisotopic (exact) mass is 571 g/mol. The van der Waals surface area contributed by atoms with E-state index in [0.717, 1.165) is 5.57 Å². The van der Waals surface area contributed by atoms with Gasteiger partial charge >= 0.3 is 5.97 Å². The minimum absolute atomic E-state index is 0.0445. The Kier molecular flexibility index (Phi) is 6.89. The zero-order chi connectivity index (χ0) is 26.4. The summed E-state index contributed by atoms with van der Waals surface area (Å²) in [7, 11) is 0. The number of unbranched alkanes of at least 4 members (excludes halogenated alkanes) is 2. The molecular weight excluding hydrogens is 546 g/mol. The predicted molar refractivity (Wildman–Crippen MR) is 132 cm³/mol. The molecule has 1 aromatic heterocycles. The Morgan fingerprint density at radius 2 is 1.86 bits per heavy atom. The van der Waals surface area contributed by atoms with Gasteiger partial charge in [-0.15, -0.1) is 0 Å². The van der Waals surface area contributed by atoms with Crippen molar-refractivity contribution in [1.29, 1.82) is 0 Å². The van der Waals surface area contributed by atoms with Crippen LogP contribution in [0.3, 0.4) is 0 Å². The number of amides is 2. The molecule has 5 rings (SSSR count). The van der Waals surface area contributed by atoms with E-state index in [0.29, 0.717) is 48.3 Å². The van der Waals surface area contributed by atoms with Crippen molar-refractivity contribution in [2.75, 3.05) is 6.54 Å². The summed E-state index contributed by atoms with van der Waals surface area (Å²) in [5.41, 5.74) is 1.43. The molecule has 3 aliphatic carbocycles. The maximum Gasteiger partial charge on any atom is 0.303 e. The molecule has 4 aliphatic rings. The van der Waals surface area contributed by atoms with Crippen molar-refractivity contribution in [3.05, 3.63) is 57.0 Å². The summed E-state index contributed by atoms with van der Waals surface area (Å²) in [6, 6.07) is 3.29. The SMILES string of the molecule is O=C(O)CCCCCN1C(=O)[C@H]2[C@H](CC=C3[C@H](c4ccc(CO)o4)C4=C(C[C@H]32)C(=O)C(Br)=CC4=O)C1=O. The summed E-state index contributed by atoms with van der Waals surface area (Å²) < 4.78 is 5.98. The number of Topliss-reactive ketones (excluding diaryl/α,β-unsaturated/α-hetero) is 1. The van der Waals surface area contributed by atoms with Crippen molar-refractivity contribution < 1.29 is 38.6 Å². The third-order valence-electron chi connectivity index (χ3n) is 7.82. The number of rotatable bonds is 8. The number of hydrogen-bond donors (Lipinski definition) is 2. The number of likely N-dealkylation sites (tertiary alicyclic amines) is 1. The topological polar surface area (TPSA) is 142 Å². The Morgan fingerprint density at radius 1 is 1.08 bits per heavy atom. The number of nitrogens with zero attached hydrogens (tertiary/aromatic N) is 1. The maximum atomic E-state index is 13.6. The molecule has 1 fully saturated rings. The first-order chi connectivity index (χ1) is 17.7. The molecule has 9 nitrogen and oxygen atoms in total. The fourth-order valence-electron chi connectivity index (χ4n) is 6.18. The number of carbonyl (C=O) groups excluding carboxylic acids is 4. The second-order valence-electron chi connectivity index (χ2n) is 9.89. The highest BCUT2D eigenvalue weighted by Gasteiger charge is 2.56. The quantitative estimate of drug-likeness (QED) is 0.209. The van der Waals surface area contributed by atoms with E-state index in [1.165, 1.54) is 11.0 Å². The zero-order valence-corrected chi connectivity index (χ0v) is 21.5. The molecule has 2 amide bonds. The Labute approximate surface area is 221 Å². The molecule has 194 valence electrons. The van der Waals surface area contributed by atoms with Gasteiger partial charge in [-0.3, -0.25) is 28.9 Å². The van der Waals surface area contributed by atoms with Crippen LogP contribution in [0.15, 0.2) is 49.9 Å². The number of fused-ring (bicyclic) bond motifs is 3. The van der Waals surface area contributed by atoms with E-state index in [2.05, 4.69) is 15.9 Å². The van der Waals surface area contributed by atoms with E-state index in [9.17, 15) is 29.1 Å². The van der Waals surface area contributed by atoms with E-state index in [1.54, 1.807) is 12.1 Å². The van der Waals surface area contributed by atoms with Crippen molar-refractivity contribution in [2.45, 2.75) is 51.0 Å². The molecule has 0 radical (unpaired) electrons. The van der Waals surface area contributed by atoms with Crippen LogP contribution < -0.4 is 0 Å². The highest BCUT2D eigenvalue weighted by molar-refractivity contribution is 9.12. The van der Waals surface area contributed by atoms with Crippen molar-refractivity contribution in [3.8, 4) is 0 Å². The van der Waals surface area contributed by atoms with Crippen LogP contribution in [0.4, 0.5) is 0 Å². The van der Waals surface area contributed by atoms with Gasteiger partial charge in [0.05, 0.1) is 22.2 Å². The Hall–Kier alpha value is -3.11. The van der Waals surface area contributed by atoms with Crippen LogP contribution in [0.2, 0.25) is 0 Å². The number of allylic oxidation sites excluding steroid dienone is 6. The number of carbonyl (C=O) groups is 5. The van der Waals surface area contributed by atoms with Crippen molar-refractivity contribution in [3.63, 3.8) is 0 Å². The second kappa shape index (κ2) is 9.98. The van der Waals surface area contributed by atoms with Gasteiger partial charge in [0.15, 0.2) is 11.6 Å². The summed E-state index contributed by atoms with van der Waals surface area (Å²) in [6.45, 7) is -0.0913. The lowest BCUT2D eigenvalue weighted by Gasteiger charge is -2.41. The normalized spacial score (nSPS) is 27.1. The molecule has 0 saturated carbocycles. The third-order valence-corrected chi connectivity index (χ3v) is 8.41. The lowest BCUT2D eigenvalue weighted by atomic mass is 9.60. The smallest absolute Gasteiger partial charge is 0.303 e. The molecule has 2 heterocycles. The minimum Gasteiger partial charge on any atom is -0.481 e. The second-order valence-corrected chi connectivity index (χ2v) is 10.7. The molecule has 4 atom stereocenters. The molecule has 37 heavy (non-hydrogen) atoms. The maximum absolute atomic E-state index is 13.6. The minimum atomic E-state index is -0.877. The predicted octanol–water partition coefficient (Wildman–Crippen LogP) is 3.18. The number of hydrogen-bond acceptors (Lipinski definition) is 7. The number of ketones is 2. The van der Waals surface area contributed by atoms with Crippen molar-refractivity contribution >= 4 is 45.3 Å². The molecule has 1 saturated heterocycles. The lowest BCUT2D eigenvalue weighted by molar-refractivity contribution is -0.141. The molecule has 2 N–H and O–H groups in total. The van der Waals surface area contributed by atoms with Crippen molar-refractivity contribution in [1.82, 2.24) is 4.90 Å². The zero-order valence-electron chi connectivity index (χ0n) is 19.9. The van der Waals surface area contributed by atoms with E-state index < -0.39 is 29.6 Å². The number of aliphatic hydroxyl groups is 1. The summed E-state index contributed by atoms with van der Waals surface area (Å²) in [4.78, 5) is 65.1. The third kappa shape index (κ3) is 4.35. The highest BCUT2D eigenvalue weighted by Crippen LogP contribution is 2.55. The van der Waals surface area contributed by atoms with E-state index in [4.69, 9.17) is 9.52 Å². The number of aliphatic hydroxyl groups excluding tert-OH is 1. The van der Waals surface area contributed by atoms with Gasteiger partial charge in [-0.2, -0.15) is 0 Å². The first-order valence-electron chi connectivity index (χ1n) is 12.4. The summed E-state index contributed by atoms with van der Waals surface area (Å²) in [5, 5.41) is 18.3. The molecule has 0 unspecified atom stereocenters. The van der Waals surface area contributed by atoms with E-state index in [1.807, 2.05) is 6.08 Å². The first kappa shape index (κ1) is 25.5. The van der Waals surface area contributed by atoms with Crippen LogP contribution in [0.25, 0.3) is 0 Å². The number of furan rings is 1. The lowest BCUT2D eigenvalue weighted by Crippen LogP contribution is -2.39. The Balaban J connectivity index is 1.47. The average Bonchev–Trinajstić information content (AvgIpc) is 3.44. The Bertz CT molecular complexity index is 1300. The first-order valence-corrected chi connectivity index (χ1v) is 13.2. The molecular formula is C27H26BrNO8. The van der Waals surface area contributed by atoms with Gasteiger partial charge < -0.3 is 14.6 Å². The number of halogens is 1. The van der Waals surface area contributed by atoms with Crippen LogP contribution in [0, 0.1) is 17.8 Å². The number of carboxylic acids is 1. The largest absolute Gasteiger partial charge is 0.481 e. The van der Waals surface area contributed by atoms with Gasteiger partial charge in [-0.1, -0.05) is 18.1 Å². The van der Waals surface area contributed by atoms with Crippen LogP contribution in [0.1, 0.15) is 56.0 Å². The summed E-state index contributed by atoms with van der Waals surface area (Å²) in [5.74, 6) is -3.63. The van der Waals surface area contributed by atoms with Crippen LogP contribution in [-0.2, 0) is 30.6 Å². The van der Waals surface area contributed by atoms with Gasteiger partial charge in [0, 0.05) is 30.2 Å². The number of imide groups is 1. The van der Waals surface area contributed by atoms with E-state index >= 15 is 0 Å². The standard InChI is InChI=1S/C27H26BrNO8/c28-18-11-19(31)23-17(25(18)34)10-16-14(24(23)20-8-5-13(12-30)37-20)6-7-15-22(16)27(36)29(26(15)35)9-3-1-2-4-21(32)33/h5-6,8,11,15-16,22,24,30H,1-4,7,9-10,12H2,(H,32,33)/t15-,16+,22-,24+/m0/s1. The van der Waals surface area contributed by atoms with Crippen molar-refractivity contribution in [2.24, 2.45) is 17.8 Å². The molecule has 1 aliphatic heterocycles. The van der Waals surface area contributed by atoms with Gasteiger partial charge in [-0.25, -0.2) is 0 Å². The Morgan fingerprint density at radius 3 is 2.57 bits per heavy atom. The molecule has 1 aromatic rings. The highest BCUT2D eigenvalue weighted by atomic mass is 79.9. The van der Waals surface area contributed by atoms with E-state index in [-0.39, 0.29) is 53.9 Å². The summed E-state index contributed by atoms with van der Waals surface area (Å²) >= 11 is 3.19. The van der Waals surface area contributed by atoms with Gasteiger partial charge in [-0.05, 0) is 59.7 Å². The average molecular weight is 572 g/mol. The number of carboxylic acid groups (broad SMARTS) is 1. The number of aliphatic carboxylic acids is 1. The fourth-order valence-corrected chi connectivity index (χ4v) is 6.62. The van der Waals surface area contributed by atoms with Gasteiger partial charge in [0.1, 0.15) is 18.1 Å². The molecule has 0 bridgehead atoms. The van der Waals surface area contributed by atoms with Crippen LogP contribution >= 0.6 is 15.9 Å². The fraction of sp³-hybridized carbons (Fsp3) is 0.444. The summed E-state index contributed by atoms with van der Waals surface area (Å²) in [6.07, 6.45) is 5.31. The van der Waals surface area contributed by atoms with Crippen LogP contribution in [0.5, 0.6) is 0 Å². The molecule has 0 aromatic carbocycles. The molecule has 10 heteroatoms. The van der Waals surface area contributed by atoms with Crippen LogP contribution in [-0.4, -0.2) is 51.0 Å². The van der Waals surface area contributed by atoms with Gasteiger partial charge in [0.2, 0.25) is 11.8 Å². The van der Waals surface area contributed by atoms with Gasteiger partial charge in [0.25, 0.3) is 0 Å².